The molecule has 3 aromatic rings. The first kappa shape index (κ1) is 15.6. The molecule has 0 radical (unpaired) electrons. The normalized spacial score (nSPS) is 12.0. The molecule has 0 aliphatic carbocycles. The summed E-state index contributed by atoms with van der Waals surface area (Å²) in [4.78, 5) is 22.9. The summed E-state index contributed by atoms with van der Waals surface area (Å²) in [5, 5.41) is 19.1. The van der Waals surface area contributed by atoms with Gasteiger partial charge in [-0.15, -0.1) is 0 Å². The highest BCUT2D eigenvalue weighted by molar-refractivity contribution is 6.04. The predicted molar refractivity (Wildman–Crippen MR) is 85.4 cm³/mol. The number of hydrogen-bond acceptors (Lipinski definition) is 4. The Morgan fingerprint density at radius 3 is 2.42 bits per heavy atom. The average Bonchev–Trinajstić information content (AvgIpc) is 2.88. The van der Waals surface area contributed by atoms with Gasteiger partial charge in [-0.1, -0.05) is 30.3 Å². The highest BCUT2D eigenvalue weighted by atomic mass is 16.5. The molecule has 1 aromatic heterocycles. The highest BCUT2D eigenvalue weighted by Gasteiger charge is 2.23. The van der Waals surface area contributed by atoms with Gasteiger partial charge in [0.05, 0.1) is 0 Å². The molecule has 2 N–H and O–H groups in total. The SMILES string of the molecule is Cc1oc2ccc(O[C@@H](C(=O)O)c3ccccc3)cc2c1C(=O)O. The number of benzene rings is 2. The van der Waals surface area contributed by atoms with Crippen molar-refractivity contribution in [2.75, 3.05) is 0 Å². The van der Waals surface area contributed by atoms with Crippen molar-refractivity contribution in [2.45, 2.75) is 13.0 Å². The monoisotopic (exact) mass is 326 g/mol. The number of carboxylic acid groups (broad SMARTS) is 2. The number of rotatable bonds is 5. The maximum Gasteiger partial charge on any atom is 0.349 e. The number of furan rings is 1. The number of hydrogen-bond donors (Lipinski definition) is 2. The number of carboxylic acids is 2. The van der Waals surface area contributed by atoms with Crippen molar-refractivity contribution >= 4 is 22.9 Å². The minimum Gasteiger partial charge on any atom is -0.478 e. The fraction of sp³-hybridized carbons (Fsp3) is 0.111. The van der Waals surface area contributed by atoms with Gasteiger partial charge in [0.15, 0.2) is 0 Å². The molecule has 1 atom stereocenters. The van der Waals surface area contributed by atoms with E-state index in [1.165, 1.54) is 6.07 Å². The Balaban J connectivity index is 2.01. The second-order valence-electron chi connectivity index (χ2n) is 5.24. The molecule has 0 spiro atoms. The molecule has 0 unspecified atom stereocenters. The van der Waals surface area contributed by atoms with Gasteiger partial charge in [-0.25, -0.2) is 9.59 Å². The molecule has 2 aromatic carbocycles. The van der Waals surface area contributed by atoms with E-state index >= 15 is 0 Å². The summed E-state index contributed by atoms with van der Waals surface area (Å²) in [7, 11) is 0. The van der Waals surface area contributed by atoms with Crippen LogP contribution in [0.5, 0.6) is 5.75 Å². The number of aliphatic carboxylic acids is 1. The van der Waals surface area contributed by atoms with Crippen molar-refractivity contribution in [3.63, 3.8) is 0 Å². The summed E-state index contributed by atoms with van der Waals surface area (Å²) in [6, 6.07) is 13.1. The van der Waals surface area contributed by atoms with Gasteiger partial charge < -0.3 is 19.4 Å². The maximum absolute atomic E-state index is 11.5. The fourth-order valence-corrected chi connectivity index (χ4v) is 2.56. The van der Waals surface area contributed by atoms with Crippen LogP contribution in [0.2, 0.25) is 0 Å². The number of aromatic carboxylic acids is 1. The Kier molecular flexibility index (Phi) is 3.95. The van der Waals surface area contributed by atoms with E-state index in [-0.39, 0.29) is 17.1 Å². The topological polar surface area (TPSA) is 97.0 Å². The lowest BCUT2D eigenvalue weighted by Crippen LogP contribution is -2.18. The third kappa shape index (κ3) is 2.81. The van der Waals surface area contributed by atoms with Gasteiger partial charge in [0.2, 0.25) is 6.10 Å². The molecular weight excluding hydrogens is 312 g/mol. The van der Waals surface area contributed by atoms with Gasteiger partial charge in [0.25, 0.3) is 0 Å². The maximum atomic E-state index is 11.5. The number of aryl methyl sites for hydroxylation is 1. The van der Waals surface area contributed by atoms with Crippen LogP contribution in [0.3, 0.4) is 0 Å². The molecule has 0 saturated carbocycles. The van der Waals surface area contributed by atoms with Crippen LogP contribution in [0, 0.1) is 6.92 Å². The first-order valence-electron chi connectivity index (χ1n) is 7.18. The lowest BCUT2D eigenvalue weighted by molar-refractivity contribution is -0.145. The lowest BCUT2D eigenvalue weighted by atomic mass is 10.1. The Morgan fingerprint density at radius 2 is 1.79 bits per heavy atom. The summed E-state index contributed by atoms with van der Waals surface area (Å²) >= 11 is 0. The third-order valence-corrected chi connectivity index (χ3v) is 3.63. The largest absolute Gasteiger partial charge is 0.478 e. The Hall–Kier alpha value is -3.28. The van der Waals surface area contributed by atoms with Gasteiger partial charge in [0, 0.05) is 10.9 Å². The number of fused-ring (bicyclic) bond motifs is 1. The van der Waals surface area contributed by atoms with Crippen molar-refractivity contribution in [3.05, 3.63) is 65.4 Å². The van der Waals surface area contributed by atoms with Crippen molar-refractivity contribution in [1.29, 1.82) is 0 Å². The van der Waals surface area contributed by atoms with Crippen LogP contribution in [0.4, 0.5) is 0 Å². The third-order valence-electron chi connectivity index (χ3n) is 3.63. The highest BCUT2D eigenvalue weighted by Crippen LogP contribution is 2.31. The van der Waals surface area contributed by atoms with E-state index in [0.717, 1.165) is 0 Å². The van der Waals surface area contributed by atoms with E-state index in [2.05, 4.69) is 0 Å². The summed E-state index contributed by atoms with van der Waals surface area (Å²) in [5.41, 5.74) is 0.942. The first-order valence-corrected chi connectivity index (χ1v) is 7.18. The Morgan fingerprint density at radius 1 is 1.08 bits per heavy atom. The molecule has 3 rings (SSSR count). The smallest absolute Gasteiger partial charge is 0.349 e. The summed E-state index contributed by atoms with van der Waals surface area (Å²) in [6.07, 6.45) is -1.19. The predicted octanol–water partition coefficient (Wildman–Crippen LogP) is 3.64. The van der Waals surface area contributed by atoms with Crippen LogP contribution in [-0.2, 0) is 4.79 Å². The van der Waals surface area contributed by atoms with E-state index in [0.29, 0.717) is 16.5 Å². The molecule has 6 heteroatoms. The van der Waals surface area contributed by atoms with Gasteiger partial charge >= 0.3 is 11.9 Å². The summed E-state index contributed by atoms with van der Waals surface area (Å²) in [5.74, 6) is -1.71. The van der Waals surface area contributed by atoms with Crippen molar-refractivity contribution in [2.24, 2.45) is 0 Å². The molecule has 0 bridgehead atoms. The zero-order chi connectivity index (χ0) is 17.3. The summed E-state index contributed by atoms with van der Waals surface area (Å²) < 4.78 is 11.0. The van der Waals surface area contributed by atoms with E-state index < -0.39 is 18.0 Å². The van der Waals surface area contributed by atoms with Crippen LogP contribution in [-0.4, -0.2) is 22.2 Å². The van der Waals surface area contributed by atoms with Crippen molar-refractivity contribution in [1.82, 2.24) is 0 Å². The van der Waals surface area contributed by atoms with Gasteiger partial charge in [-0.3, -0.25) is 0 Å². The molecule has 24 heavy (non-hydrogen) atoms. The van der Waals surface area contributed by atoms with E-state index in [9.17, 15) is 19.8 Å². The molecule has 1 heterocycles. The molecule has 0 fully saturated rings. The quantitative estimate of drug-likeness (QED) is 0.743. The lowest BCUT2D eigenvalue weighted by Gasteiger charge is -2.15. The van der Waals surface area contributed by atoms with Gasteiger partial charge in [-0.05, 0) is 25.1 Å². The van der Waals surface area contributed by atoms with Crippen LogP contribution >= 0.6 is 0 Å². The van der Waals surface area contributed by atoms with E-state index in [1.54, 1.807) is 49.4 Å². The standard InChI is InChI=1S/C18H14O6/c1-10-15(17(19)20)13-9-12(7-8-14(13)23-10)24-16(18(21)22)11-5-3-2-4-6-11/h2-9,16H,1H3,(H,19,20)(H,21,22)/t16-/m1/s1. The van der Waals surface area contributed by atoms with Gasteiger partial charge in [-0.2, -0.15) is 0 Å². The molecule has 0 saturated heterocycles. The fourth-order valence-electron chi connectivity index (χ4n) is 2.56. The summed E-state index contributed by atoms with van der Waals surface area (Å²) in [6.45, 7) is 1.56. The molecule has 122 valence electrons. The van der Waals surface area contributed by atoms with Crippen LogP contribution < -0.4 is 4.74 Å². The average molecular weight is 326 g/mol. The zero-order valence-corrected chi connectivity index (χ0v) is 12.7. The van der Waals surface area contributed by atoms with Crippen LogP contribution in [0.15, 0.2) is 52.9 Å². The van der Waals surface area contributed by atoms with E-state index in [4.69, 9.17) is 9.15 Å². The molecular formula is C18H14O6. The number of carbonyl (C=O) groups is 2. The Bertz CT molecular complexity index is 910. The molecule has 0 aliphatic rings. The van der Waals surface area contributed by atoms with E-state index in [1.807, 2.05) is 0 Å². The second kappa shape index (κ2) is 6.08. The van der Waals surface area contributed by atoms with Crippen molar-refractivity contribution in [3.8, 4) is 5.75 Å². The van der Waals surface area contributed by atoms with Crippen molar-refractivity contribution < 1.29 is 29.0 Å². The van der Waals surface area contributed by atoms with Gasteiger partial charge in [0.1, 0.15) is 22.7 Å². The van der Waals surface area contributed by atoms with Crippen LogP contribution in [0.25, 0.3) is 11.0 Å². The minimum absolute atomic E-state index is 0.0436. The zero-order valence-electron chi connectivity index (χ0n) is 12.7. The number of ether oxygens (including phenoxy) is 1. The molecule has 6 nitrogen and oxygen atoms in total. The second-order valence-corrected chi connectivity index (χ2v) is 5.24. The van der Waals surface area contributed by atoms with Crippen LogP contribution in [0.1, 0.15) is 27.8 Å². The minimum atomic E-state index is -1.19. The first-order chi connectivity index (χ1) is 11.5. The molecule has 0 amide bonds. The Labute approximate surface area is 136 Å². The molecule has 0 aliphatic heterocycles.